The number of nitro groups is 1. The highest BCUT2D eigenvalue weighted by Gasteiger charge is 2.22. The Kier molecular flexibility index (Phi) is 9.43. The van der Waals surface area contributed by atoms with Crippen LogP contribution in [0.25, 0.3) is 0 Å². The van der Waals surface area contributed by atoms with Gasteiger partial charge >= 0.3 is 0 Å². The summed E-state index contributed by atoms with van der Waals surface area (Å²) in [5.74, 6) is 0.292. The highest BCUT2D eigenvalue weighted by atomic mass is 16.6. The molecule has 0 heterocycles. The molecule has 0 unspecified atom stereocenters. The molecular weight excluding hydrogens is 322 g/mol. The van der Waals surface area contributed by atoms with Gasteiger partial charge < -0.3 is 4.74 Å². The van der Waals surface area contributed by atoms with Crippen molar-refractivity contribution in [3.8, 4) is 5.75 Å². The molecule has 0 spiro atoms. The molecule has 0 N–H and O–H groups in total. The average Bonchev–Trinajstić information content (AvgIpc) is 2.63. The van der Waals surface area contributed by atoms with Gasteiger partial charge in [-0.05, 0) is 25.0 Å². The van der Waals surface area contributed by atoms with Crippen molar-refractivity contribution in [1.82, 2.24) is 0 Å². The number of rotatable bonds is 13. The number of nitrogens with zero attached hydrogens (tertiary/aromatic N) is 1. The minimum atomic E-state index is -0.441. The van der Waals surface area contributed by atoms with Gasteiger partial charge in [0.25, 0.3) is 5.69 Å². The Balaban J connectivity index is 2.20. The predicted octanol–water partition coefficient (Wildman–Crippen LogP) is 4.50. The molecule has 1 aromatic carbocycles. The zero-order chi connectivity index (χ0) is 18.7. The smallest absolute Gasteiger partial charge is 0.269 e. The van der Waals surface area contributed by atoms with Gasteiger partial charge in [0.05, 0.1) is 17.4 Å². The van der Waals surface area contributed by atoms with Crippen molar-refractivity contribution in [2.24, 2.45) is 5.92 Å². The summed E-state index contributed by atoms with van der Waals surface area (Å²) in [4.78, 5) is 33.8. The van der Waals surface area contributed by atoms with E-state index < -0.39 is 10.8 Å². The summed E-state index contributed by atoms with van der Waals surface area (Å²) in [6.07, 6.45) is 5.11. The molecule has 0 bridgehead atoms. The van der Waals surface area contributed by atoms with Gasteiger partial charge in [-0.25, -0.2) is 0 Å². The molecule has 0 saturated carbocycles. The minimum absolute atomic E-state index is 0.0464. The van der Waals surface area contributed by atoms with Gasteiger partial charge in [-0.15, -0.1) is 0 Å². The molecule has 6 nitrogen and oxygen atoms in total. The van der Waals surface area contributed by atoms with Crippen LogP contribution in [0.3, 0.4) is 0 Å². The average molecular weight is 349 g/mol. The number of carbonyl (C=O) groups excluding carboxylic acids is 2. The van der Waals surface area contributed by atoms with Crippen LogP contribution < -0.4 is 4.74 Å². The van der Waals surface area contributed by atoms with E-state index in [1.54, 1.807) is 26.0 Å². The number of unbranched alkanes of at least 4 members (excludes halogenated alkanes) is 3. The van der Waals surface area contributed by atoms with Crippen molar-refractivity contribution >= 4 is 17.3 Å². The second-order valence-electron chi connectivity index (χ2n) is 5.99. The zero-order valence-corrected chi connectivity index (χ0v) is 15.0. The van der Waals surface area contributed by atoms with E-state index in [0.717, 1.165) is 25.7 Å². The summed E-state index contributed by atoms with van der Waals surface area (Å²) in [5, 5.41) is 10.6. The maximum absolute atomic E-state index is 11.8. The number of ketones is 2. The van der Waals surface area contributed by atoms with Gasteiger partial charge in [-0.2, -0.15) is 0 Å². The summed E-state index contributed by atoms with van der Waals surface area (Å²) in [7, 11) is 0. The number of benzene rings is 1. The Labute approximate surface area is 148 Å². The third-order valence-corrected chi connectivity index (χ3v) is 4.18. The van der Waals surface area contributed by atoms with Gasteiger partial charge in [0, 0.05) is 25.0 Å². The Morgan fingerprint density at radius 2 is 1.56 bits per heavy atom. The number of ether oxygens (including phenoxy) is 1. The summed E-state index contributed by atoms with van der Waals surface area (Å²) in [5.41, 5.74) is 0.0464. The fourth-order valence-corrected chi connectivity index (χ4v) is 2.65. The maximum atomic E-state index is 11.8. The Morgan fingerprint density at radius 3 is 2.08 bits per heavy atom. The summed E-state index contributed by atoms with van der Waals surface area (Å²) in [6.45, 7) is 4.14. The SMILES string of the molecule is CCC(=O)C(CCCCCCOc1ccc([N+](=O)[O-])cc1)C(=O)CC. The Morgan fingerprint density at radius 1 is 1.00 bits per heavy atom. The monoisotopic (exact) mass is 349 g/mol. The number of nitro benzene ring substituents is 1. The molecule has 1 rings (SSSR count). The van der Waals surface area contributed by atoms with Crippen LogP contribution in [-0.4, -0.2) is 23.1 Å². The lowest BCUT2D eigenvalue weighted by atomic mass is 9.90. The van der Waals surface area contributed by atoms with Crippen LogP contribution in [-0.2, 0) is 9.59 Å². The van der Waals surface area contributed by atoms with Crippen molar-refractivity contribution in [2.45, 2.75) is 58.8 Å². The van der Waals surface area contributed by atoms with Crippen molar-refractivity contribution in [3.05, 3.63) is 34.4 Å². The van der Waals surface area contributed by atoms with E-state index in [0.29, 0.717) is 31.6 Å². The molecule has 0 amide bonds. The second kappa shape index (κ2) is 11.3. The quantitative estimate of drug-likeness (QED) is 0.226. The van der Waals surface area contributed by atoms with Crippen molar-refractivity contribution < 1.29 is 19.2 Å². The maximum Gasteiger partial charge on any atom is 0.269 e. The molecule has 0 aliphatic carbocycles. The molecule has 0 aliphatic heterocycles. The van der Waals surface area contributed by atoms with E-state index in [4.69, 9.17) is 4.74 Å². The molecule has 138 valence electrons. The summed E-state index contributed by atoms with van der Waals surface area (Å²) < 4.78 is 5.55. The van der Waals surface area contributed by atoms with Crippen LogP contribution in [0, 0.1) is 16.0 Å². The van der Waals surface area contributed by atoms with Crippen molar-refractivity contribution in [2.75, 3.05) is 6.61 Å². The summed E-state index contributed by atoms with van der Waals surface area (Å²) in [6, 6.07) is 6.03. The topological polar surface area (TPSA) is 86.5 Å². The standard InChI is InChI=1S/C19H27NO5/c1-3-18(21)17(19(22)4-2)9-7-5-6-8-14-25-16-12-10-15(11-13-16)20(23)24/h10-13,17H,3-9,14H2,1-2H3. The van der Waals surface area contributed by atoms with Crippen molar-refractivity contribution in [1.29, 1.82) is 0 Å². The van der Waals surface area contributed by atoms with Gasteiger partial charge in [-0.1, -0.05) is 33.1 Å². The van der Waals surface area contributed by atoms with E-state index in [1.807, 2.05) is 0 Å². The highest BCUT2D eigenvalue weighted by molar-refractivity contribution is 6.02. The number of non-ortho nitro benzene ring substituents is 1. The third kappa shape index (κ3) is 7.45. The zero-order valence-electron chi connectivity index (χ0n) is 15.0. The molecule has 25 heavy (non-hydrogen) atoms. The van der Waals surface area contributed by atoms with E-state index in [-0.39, 0.29) is 17.3 Å². The molecule has 6 heteroatoms. The molecule has 0 atom stereocenters. The van der Waals surface area contributed by atoms with Gasteiger partial charge in [0.2, 0.25) is 0 Å². The molecule has 0 radical (unpaired) electrons. The molecule has 0 fully saturated rings. The van der Waals surface area contributed by atoms with Crippen LogP contribution in [0.1, 0.15) is 58.8 Å². The molecular formula is C19H27NO5. The molecule has 0 aliphatic rings. The Bertz CT molecular complexity index is 552. The first-order chi connectivity index (χ1) is 12.0. The fourth-order valence-electron chi connectivity index (χ4n) is 2.65. The first kappa shape index (κ1) is 20.8. The molecule has 0 saturated heterocycles. The van der Waals surface area contributed by atoms with E-state index >= 15 is 0 Å². The number of hydrogen-bond acceptors (Lipinski definition) is 5. The number of hydrogen-bond donors (Lipinski definition) is 0. The van der Waals surface area contributed by atoms with Crippen molar-refractivity contribution in [3.63, 3.8) is 0 Å². The minimum Gasteiger partial charge on any atom is -0.494 e. The van der Waals surface area contributed by atoms with Crippen LogP contribution in [0.2, 0.25) is 0 Å². The van der Waals surface area contributed by atoms with Gasteiger partial charge in [0.1, 0.15) is 17.3 Å². The molecule has 1 aromatic rings. The number of Topliss-reactive ketones (excluding diaryl/α,β-unsaturated/α-hetero) is 2. The van der Waals surface area contributed by atoms with E-state index in [9.17, 15) is 19.7 Å². The fraction of sp³-hybridized carbons (Fsp3) is 0.579. The van der Waals surface area contributed by atoms with Crippen LogP contribution in [0.15, 0.2) is 24.3 Å². The van der Waals surface area contributed by atoms with Gasteiger partial charge in [-0.3, -0.25) is 19.7 Å². The van der Waals surface area contributed by atoms with E-state index in [1.165, 1.54) is 12.1 Å². The lowest BCUT2D eigenvalue weighted by molar-refractivity contribution is -0.384. The second-order valence-corrected chi connectivity index (χ2v) is 5.99. The normalized spacial score (nSPS) is 10.7. The van der Waals surface area contributed by atoms with Crippen LogP contribution >= 0.6 is 0 Å². The summed E-state index contributed by atoms with van der Waals surface area (Å²) >= 11 is 0. The lowest BCUT2D eigenvalue weighted by Gasteiger charge is -2.12. The lowest BCUT2D eigenvalue weighted by Crippen LogP contribution is -2.22. The van der Waals surface area contributed by atoms with E-state index in [2.05, 4.69) is 0 Å². The third-order valence-electron chi connectivity index (χ3n) is 4.18. The largest absolute Gasteiger partial charge is 0.494 e. The highest BCUT2D eigenvalue weighted by Crippen LogP contribution is 2.18. The van der Waals surface area contributed by atoms with Crippen LogP contribution in [0.4, 0.5) is 5.69 Å². The number of carbonyl (C=O) groups is 2. The first-order valence-corrected chi connectivity index (χ1v) is 8.92. The first-order valence-electron chi connectivity index (χ1n) is 8.92. The van der Waals surface area contributed by atoms with Crippen LogP contribution in [0.5, 0.6) is 5.75 Å². The molecule has 0 aromatic heterocycles. The Hall–Kier alpha value is -2.24. The van der Waals surface area contributed by atoms with Gasteiger partial charge in [0.15, 0.2) is 0 Å². The predicted molar refractivity (Wildman–Crippen MR) is 95.8 cm³/mol.